The van der Waals surface area contributed by atoms with Gasteiger partial charge in [0.2, 0.25) is 5.88 Å². The molecule has 1 aliphatic rings. The first kappa shape index (κ1) is 22.9. The average Bonchev–Trinajstić information content (AvgIpc) is 3.39. The van der Waals surface area contributed by atoms with Crippen LogP contribution < -0.4 is 14.8 Å². The van der Waals surface area contributed by atoms with Crippen molar-refractivity contribution in [2.24, 2.45) is 0 Å². The summed E-state index contributed by atoms with van der Waals surface area (Å²) < 4.78 is 43.9. The zero-order valence-electron chi connectivity index (χ0n) is 17.5. The standard InChI is InChI=1S/C22H23BrF2N4O2S/c1-14-21(31-13-17-18(24)10-15(23)11-19(17)25)28-32-22(14)27-20-5-4-16(12-26-20)30-9-8-29-6-2-3-7-29/h4-5,10-12H,2-3,6-9,13H2,1H3,(H,26,27). The SMILES string of the molecule is Cc1c(OCc2c(F)cc(Br)cc2F)nsc1Nc1ccc(OCCN2CCCC2)cn1. The molecule has 3 aromatic rings. The lowest BCUT2D eigenvalue weighted by molar-refractivity contribution is 0.237. The van der Waals surface area contributed by atoms with Crippen LogP contribution in [0.25, 0.3) is 0 Å². The van der Waals surface area contributed by atoms with Crippen molar-refractivity contribution in [3.05, 3.63) is 57.7 Å². The summed E-state index contributed by atoms with van der Waals surface area (Å²) >= 11 is 4.26. The predicted molar refractivity (Wildman–Crippen MR) is 124 cm³/mol. The van der Waals surface area contributed by atoms with Gasteiger partial charge in [0.15, 0.2) is 0 Å². The van der Waals surface area contributed by atoms with Crippen molar-refractivity contribution in [2.75, 3.05) is 31.6 Å². The van der Waals surface area contributed by atoms with Crippen LogP contribution in [0.4, 0.5) is 19.6 Å². The number of nitrogens with zero attached hydrogens (tertiary/aromatic N) is 3. The van der Waals surface area contributed by atoms with E-state index in [0.29, 0.717) is 22.8 Å². The van der Waals surface area contributed by atoms with Crippen LogP contribution in [-0.2, 0) is 6.61 Å². The molecule has 4 rings (SSSR count). The molecule has 1 aliphatic heterocycles. The second kappa shape index (κ2) is 10.5. The molecule has 0 atom stereocenters. The minimum absolute atomic E-state index is 0.142. The summed E-state index contributed by atoms with van der Waals surface area (Å²) in [7, 11) is 0. The van der Waals surface area contributed by atoms with Gasteiger partial charge in [0.25, 0.3) is 0 Å². The molecule has 6 nitrogen and oxygen atoms in total. The molecule has 1 aromatic carbocycles. The minimum atomic E-state index is -0.671. The summed E-state index contributed by atoms with van der Waals surface area (Å²) in [6.45, 7) is 5.44. The normalized spacial score (nSPS) is 14.0. The topological polar surface area (TPSA) is 59.5 Å². The Bertz CT molecular complexity index is 1040. The molecule has 32 heavy (non-hydrogen) atoms. The van der Waals surface area contributed by atoms with Gasteiger partial charge in [0.05, 0.1) is 11.8 Å². The number of nitrogens with one attached hydrogen (secondary N) is 1. The third kappa shape index (κ3) is 5.73. The lowest BCUT2D eigenvalue weighted by Gasteiger charge is -2.14. The molecule has 0 aliphatic carbocycles. The van der Waals surface area contributed by atoms with Crippen molar-refractivity contribution >= 4 is 38.3 Å². The first-order valence-electron chi connectivity index (χ1n) is 10.3. The third-order valence-corrected chi connectivity index (χ3v) is 6.50. The Morgan fingerprint density at radius 2 is 1.91 bits per heavy atom. The molecule has 1 N–H and O–H groups in total. The quantitative estimate of drug-likeness (QED) is 0.388. The van der Waals surface area contributed by atoms with Crippen molar-refractivity contribution < 1.29 is 18.3 Å². The predicted octanol–water partition coefficient (Wildman–Crippen LogP) is 5.68. The maximum Gasteiger partial charge on any atom is 0.230 e. The molecule has 3 heterocycles. The fourth-order valence-corrected chi connectivity index (χ4v) is 4.52. The summed E-state index contributed by atoms with van der Waals surface area (Å²) in [4.78, 5) is 6.78. The van der Waals surface area contributed by atoms with Crippen LogP contribution in [0.1, 0.15) is 24.0 Å². The van der Waals surface area contributed by atoms with Crippen molar-refractivity contribution in [3.8, 4) is 11.6 Å². The third-order valence-electron chi connectivity index (χ3n) is 5.19. The van der Waals surface area contributed by atoms with Gasteiger partial charge in [-0.25, -0.2) is 13.8 Å². The van der Waals surface area contributed by atoms with Gasteiger partial charge in [-0.1, -0.05) is 15.9 Å². The number of hydrogen-bond donors (Lipinski definition) is 1. The molecular formula is C22H23BrF2N4O2S. The number of halogens is 3. The smallest absolute Gasteiger partial charge is 0.230 e. The second-order valence-corrected chi connectivity index (χ2v) is 9.17. The highest BCUT2D eigenvalue weighted by molar-refractivity contribution is 9.10. The van der Waals surface area contributed by atoms with E-state index in [2.05, 4.69) is 35.5 Å². The van der Waals surface area contributed by atoms with Gasteiger partial charge >= 0.3 is 0 Å². The average molecular weight is 525 g/mol. The van der Waals surface area contributed by atoms with E-state index in [-0.39, 0.29) is 12.2 Å². The van der Waals surface area contributed by atoms with Crippen LogP contribution >= 0.6 is 27.5 Å². The number of rotatable bonds is 9. The first-order chi connectivity index (χ1) is 15.5. The highest BCUT2D eigenvalue weighted by Gasteiger charge is 2.16. The van der Waals surface area contributed by atoms with Crippen molar-refractivity contribution in [2.45, 2.75) is 26.4 Å². The second-order valence-electron chi connectivity index (χ2n) is 7.48. The maximum atomic E-state index is 14.0. The number of benzene rings is 1. The Morgan fingerprint density at radius 1 is 1.16 bits per heavy atom. The van der Waals surface area contributed by atoms with E-state index in [9.17, 15) is 8.78 Å². The lowest BCUT2D eigenvalue weighted by atomic mass is 10.2. The highest BCUT2D eigenvalue weighted by Crippen LogP contribution is 2.32. The summed E-state index contributed by atoms with van der Waals surface area (Å²) in [5.41, 5.74) is 0.595. The first-order valence-corrected chi connectivity index (χ1v) is 11.9. The van der Waals surface area contributed by atoms with E-state index in [4.69, 9.17) is 9.47 Å². The zero-order chi connectivity index (χ0) is 22.5. The molecule has 0 saturated carbocycles. The number of ether oxygens (including phenoxy) is 2. The van der Waals surface area contributed by atoms with Crippen LogP contribution in [0.5, 0.6) is 11.6 Å². The largest absolute Gasteiger partial charge is 0.491 e. The number of aromatic nitrogens is 2. The van der Waals surface area contributed by atoms with E-state index >= 15 is 0 Å². The van der Waals surface area contributed by atoms with Crippen LogP contribution in [0, 0.1) is 18.6 Å². The molecular weight excluding hydrogens is 502 g/mol. The molecule has 170 valence electrons. The molecule has 0 bridgehead atoms. The van der Waals surface area contributed by atoms with Crippen LogP contribution in [-0.4, -0.2) is 40.5 Å². The lowest BCUT2D eigenvalue weighted by Crippen LogP contribution is -2.25. The fraction of sp³-hybridized carbons (Fsp3) is 0.364. The molecule has 1 fully saturated rings. The summed E-state index contributed by atoms with van der Waals surface area (Å²) in [5.74, 6) is 0.338. The van der Waals surface area contributed by atoms with E-state index in [1.807, 2.05) is 19.1 Å². The van der Waals surface area contributed by atoms with Gasteiger partial charge in [0.1, 0.15) is 41.4 Å². The molecule has 0 spiro atoms. The fourth-order valence-electron chi connectivity index (χ4n) is 3.38. The van der Waals surface area contributed by atoms with Crippen LogP contribution in [0.3, 0.4) is 0 Å². The molecule has 0 unspecified atom stereocenters. The molecule has 1 saturated heterocycles. The Morgan fingerprint density at radius 3 is 2.59 bits per heavy atom. The number of hydrogen-bond acceptors (Lipinski definition) is 7. The molecule has 0 radical (unpaired) electrons. The Kier molecular flexibility index (Phi) is 7.54. The number of likely N-dealkylation sites (tertiary alicyclic amines) is 1. The maximum absolute atomic E-state index is 14.0. The van der Waals surface area contributed by atoms with Gasteiger partial charge in [0, 0.05) is 16.6 Å². The van der Waals surface area contributed by atoms with E-state index < -0.39 is 11.6 Å². The zero-order valence-corrected chi connectivity index (χ0v) is 19.9. The van der Waals surface area contributed by atoms with E-state index in [1.165, 1.54) is 36.5 Å². The Labute approximate surface area is 197 Å². The molecule has 2 aromatic heterocycles. The Balaban J connectivity index is 1.31. The molecule has 10 heteroatoms. The van der Waals surface area contributed by atoms with Crippen molar-refractivity contribution in [1.82, 2.24) is 14.3 Å². The van der Waals surface area contributed by atoms with Crippen LogP contribution in [0.15, 0.2) is 34.9 Å². The van der Waals surface area contributed by atoms with Gasteiger partial charge in [-0.05, 0) is 68.7 Å². The monoisotopic (exact) mass is 524 g/mol. The number of anilines is 2. The van der Waals surface area contributed by atoms with Crippen molar-refractivity contribution in [1.29, 1.82) is 0 Å². The van der Waals surface area contributed by atoms with E-state index in [1.54, 1.807) is 6.20 Å². The summed E-state index contributed by atoms with van der Waals surface area (Å²) in [5, 5.41) is 3.94. The summed E-state index contributed by atoms with van der Waals surface area (Å²) in [6, 6.07) is 6.10. The molecule has 0 amide bonds. The van der Waals surface area contributed by atoms with Gasteiger partial charge in [-0.2, -0.15) is 4.37 Å². The van der Waals surface area contributed by atoms with Gasteiger partial charge in [-0.15, -0.1) is 0 Å². The minimum Gasteiger partial charge on any atom is -0.491 e. The van der Waals surface area contributed by atoms with Gasteiger partial charge < -0.3 is 14.8 Å². The highest BCUT2D eigenvalue weighted by atomic mass is 79.9. The van der Waals surface area contributed by atoms with Crippen molar-refractivity contribution in [3.63, 3.8) is 0 Å². The van der Waals surface area contributed by atoms with Crippen LogP contribution in [0.2, 0.25) is 0 Å². The number of pyridine rings is 1. The summed E-state index contributed by atoms with van der Waals surface area (Å²) in [6.07, 6.45) is 4.21. The van der Waals surface area contributed by atoms with E-state index in [0.717, 1.165) is 35.9 Å². The Hall–Kier alpha value is -2.30. The van der Waals surface area contributed by atoms with Gasteiger partial charge in [-0.3, -0.25) is 4.90 Å².